The Morgan fingerprint density at radius 3 is 2.29 bits per heavy atom. The van der Waals surface area contributed by atoms with Crippen molar-refractivity contribution in [3.8, 4) is 17.1 Å². The van der Waals surface area contributed by atoms with Gasteiger partial charge in [0.25, 0.3) is 0 Å². The van der Waals surface area contributed by atoms with Crippen LogP contribution in [-0.4, -0.2) is 28.2 Å². The molecule has 0 fully saturated rings. The van der Waals surface area contributed by atoms with Crippen molar-refractivity contribution in [2.75, 3.05) is 7.11 Å². The van der Waals surface area contributed by atoms with Crippen LogP contribution < -0.4 is 4.74 Å². The maximum absolute atomic E-state index is 11.3. The van der Waals surface area contributed by atoms with Crippen molar-refractivity contribution in [3.63, 3.8) is 0 Å². The van der Waals surface area contributed by atoms with Gasteiger partial charge in [-0.3, -0.25) is 4.79 Å². The van der Waals surface area contributed by atoms with Crippen LogP contribution in [0.4, 0.5) is 0 Å². The van der Waals surface area contributed by atoms with Crippen LogP contribution in [0, 0.1) is 0 Å². The third-order valence-electron chi connectivity index (χ3n) is 3.33. The first kappa shape index (κ1) is 15.0. The van der Waals surface area contributed by atoms with Crippen LogP contribution in [0.15, 0.2) is 36.7 Å². The molecule has 21 heavy (non-hydrogen) atoms. The zero-order chi connectivity index (χ0) is 15.2. The minimum absolute atomic E-state index is 0.323. The van der Waals surface area contributed by atoms with Crippen LogP contribution in [0.5, 0.6) is 6.01 Å². The van der Waals surface area contributed by atoms with Crippen LogP contribution in [0.1, 0.15) is 31.2 Å². The summed E-state index contributed by atoms with van der Waals surface area (Å²) in [5.41, 5.74) is 2.63. The number of methoxy groups -OCH3 is 1. The average molecular weight is 286 g/mol. The molecule has 5 heteroatoms. The van der Waals surface area contributed by atoms with Gasteiger partial charge in [-0.15, -0.1) is 0 Å². The summed E-state index contributed by atoms with van der Waals surface area (Å²) in [5, 5.41) is 9.27. The van der Waals surface area contributed by atoms with E-state index in [1.807, 2.05) is 31.2 Å². The van der Waals surface area contributed by atoms with Crippen molar-refractivity contribution in [1.29, 1.82) is 0 Å². The molecule has 0 aliphatic rings. The number of hydrogen-bond acceptors (Lipinski definition) is 4. The lowest BCUT2D eigenvalue weighted by molar-refractivity contribution is -0.139. The molecule has 1 atom stereocenters. The van der Waals surface area contributed by atoms with E-state index in [1.54, 1.807) is 12.4 Å². The second-order valence-corrected chi connectivity index (χ2v) is 4.76. The summed E-state index contributed by atoms with van der Waals surface area (Å²) in [5.74, 6) is -1.23. The van der Waals surface area contributed by atoms with Crippen molar-refractivity contribution < 1.29 is 14.6 Å². The maximum Gasteiger partial charge on any atom is 0.316 e. The Hall–Kier alpha value is -2.43. The highest BCUT2D eigenvalue weighted by Gasteiger charge is 2.18. The molecule has 0 radical (unpaired) electrons. The molecule has 2 aromatic rings. The Kier molecular flexibility index (Phi) is 4.87. The molecule has 1 N–H and O–H groups in total. The van der Waals surface area contributed by atoms with Crippen molar-refractivity contribution in [3.05, 3.63) is 42.2 Å². The van der Waals surface area contributed by atoms with Crippen molar-refractivity contribution in [1.82, 2.24) is 9.97 Å². The van der Waals surface area contributed by atoms with Crippen molar-refractivity contribution in [2.45, 2.75) is 25.7 Å². The van der Waals surface area contributed by atoms with Gasteiger partial charge in [0.1, 0.15) is 0 Å². The summed E-state index contributed by atoms with van der Waals surface area (Å²) in [6.45, 7) is 1.99. The lowest BCUT2D eigenvalue weighted by atomic mass is 9.93. The van der Waals surface area contributed by atoms with Gasteiger partial charge in [0.2, 0.25) is 0 Å². The number of carboxylic acids is 1. The molecule has 5 nitrogen and oxygen atoms in total. The molecule has 110 valence electrons. The highest BCUT2D eigenvalue weighted by molar-refractivity contribution is 5.76. The number of hydrogen-bond donors (Lipinski definition) is 1. The molecule has 1 aromatic heterocycles. The van der Waals surface area contributed by atoms with Gasteiger partial charge in [-0.1, -0.05) is 37.6 Å². The SMILES string of the molecule is CCCC(C(=O)O)c1ccc(-c2cnc(OC)nc2)cc1. The summed E-state index contributed by atoms with van der Waals surface area (Å²) in [6, 6.07) is 7.82. The molecule has 0 bridgehead atoms. The molecule has 0 saturated heterocycles. The molecule has 0 spiro atoms. The molecular formula is C16H18N2O3. The first-order valence-corrected chi connectivity index (χ1v) is 6.85. The Morgan fingerprint density at radius 2 is 1.81 bits per heavy atom. The number of carboxylic acid groups (broad SMARTS) is 1. The molecule has 2 rings (SSSR count). The summed E-state index contributed by atoms with van der Waals surface area (Å²) in [7, 11) is 1.52. The summed E-state index contributed by atoms with van der Waals surface area (Å²) in [6.07, 6.45) is 4.84. The topological polar surface area (TPSA) is 72.3 Å². The molecular weight excluding hydrogens is 268 g/mol. The molecule has 0 saturated carbocycles. The zero-order valence-electron chi connectivity index (χ0n) is 12.1. The third-order valence-corrected chi connectivity index (χ3v) is 3.33. The predicted octanol–water partition coefficient (Wildman–Crippen LogP) is 3.12. The lowest BCUT2D eigenvalue weighted by Gasteiger charge is -2.12. The quantitative estimate of drug-likeness (QED) is 0.883. The number of benzene rings is 1. The Labute approximate surface area is 123 Å². The number of nitrogens with zero attached hydrogens (tertiary/aromatic N) is 2. The van der Waals surface area contributed by atoms with E-state index in [0.717, 1.165) is 23.1 Å². The monoisotopic (exact) mass is 286 g/mol. The first-order chi connectivity index (χ1) is 10.2. The fourth-order valence-corrected chi connectivity index (χ4v) is 2.20. The third kappa shape index (κ3) is 3.56. The lowest BCUT2D eigenvalue weighted by Crippen LogP contribution is -2.11. The number of carbonyl (C=O) groups is 1. The Morgan fingerprint density at radius 1 is 1.19 bits per heavy atom. The Balaban J connectivity index is 2.22. The van der Waals surface area contributed by atoms with E-state index in [-0.39, 0.29) is 0 Å². The zero-order valence-corrected chi connectivity index (χ0v) is 12.1. The largest absolute Gasteiger partial charge is 0.481 e. The van der Waals surface area contributed by atoms with E-state index in [9.17, 15) is 9.90 Å². The Bertz CT molecular complexity index is 594. The van der Waals surface area contributed by atoms with E-state index in [1.165, 1.54) is 7.11 Å². The van der Waals surface area contributed by atoms with Gasteiger partial charge < -0.3 is 9.84 Å². The maximum atomic E-state index is 11.3. The first-order valence-electron chi connectivity index (χ1n) is 6.85. The van der Waals surface area contributed by atoms with Gasteiger partial charge in [-0.25, -0.2) is 9.97 Å². The van der Waals surface area contributed by atoms with Crippen LogP contribution in [0.2, 0.25) is 0 Å². The smallest absolute Gasteiger partial charge is 0.316 e. The highest BCUT2D eigenvalue weighted by atomic mass is 16.5. The van der Waals surface area contributed by atoms with Crippen molar-refractivity contribution in [2.24, 2.45) is 0 Å². The number of rotatable bonds is 6. The summed E-state index contributed by atoms with van der Waals surface area (Å²) >= 11 is 0. The molecule has 1 aromatic carbocycles. The van der Waals surface area contributed by atoms with Gasteiger partial charge in [0, 0.05) is 18.0 Å². The van der Waals surface area contributed by atoms with E-state index >= 15 is 0 Å². The van der Waals surface area contributed by atoms with E-state index < -0.39 is 11.9 Å². The van der Waals surface area contributed by atoms with Gasteiger partial charge in [-0.2, -0.15) is 0 Å². The van der Waals surface area contributed by atoms with E-state index in [2.05, 4.69) is 9.97 Å². The minimum atomic E-state index is -0.780. The van der Waals surface area contributed by atoms with Crippen molar-refractivity contribution >= 4 is 5.97 Å². The average Bonchev–Trinajstić information content (AvgIpc) is 2.53. The predicted molar refractivity (Wildman–Crippen MR) is 79.3 cm³/mol. The second kappa shape index (κ2) is 6.83. The molecule has 1 heterocycles. The molecule has 0 aliphatic carbocycles. The van der Waals surface area contributed by atoms with Gasteiger partial charge >= 0.3 is 12.0 Å². The van der Waals surface area contributed by atoms with Crippen LogP contribution in [0.3, 0.4) is 0 Å². The fourth-order valence-electron chi connectivity index (χ4n) is 2.20. The normalized spacial score (nSPS) is 11.9. The van der Waals surface area contributed by atoms with Crippen LogP contribution in [0.25, 0.3) is 11.1 Å². The van der Waals surface area contributed by atoms with Gasteiger partial charge in [0.05, 0.1) is 13.0 Å². The number of aromatic nitrogens is 2. The molecule has 1 unspecified atom stereocenters. The summed E-state index contributed by atoms with van der Waals surface area (Å²) in [4.78, 5) is 19.4. The second-order valence-electron chi connectivity index (χ2n) is 4.76. The molecule has 0 amide bonds. The number of ether oxygens (including phenoxy) is 1. The van der Waals surface area contributed by atoms with Gasteiger partial charge in [-0.05, 0) is 17.5 Å². The molecule has 0 aliphatic heterocycles. The van der Waals surface area contributed by atoms with E-state index in [0.29, 0.717) is 12.4 Å². The number of aliphatic carboxylic acids is 1. The van der Waals surface area contributed by atoms with Crippen LogP contribution >= 0.6 is 0 Å². The summed E-state index contributed by atoms with van der Waals surface area (Å²) < 4.78 is 4.92. The standard InChI is InChI=1S/C16H18N2O3/c1-3-4-14(15(19)20)12-7-5-11(6-8-12)13-9-17-16(21-2)18-10-13/h5-10,14H,3-4H2,1-2H3,(H,19,20). The fraction of sp³-hybridized carbons (Fsp3) is 0.312. The van der Waals surface area contributed by atoms with Crippen LogP contribution in [-0.2, 0) is 4.79 Å². The van der Waals surface area contributed by atoms with E-state index in [4.69, 9.17) is 4.74 Å². The minimum Gasteiger partial charge on any atom is -0.481 e. The van der Waals surface area contributed by atoms with Gasteiger partial charge in [0.15, 0.2) is 0 Å². The highest BCUT2D eigenvalue weighted by Crippen LogP contribution is 2.25.